The predicted molar refractivity (Wildman–Crippen MR) is 107 cm³/mol. The van der Waals surface area contributed by atoms with Crippen molar-refractivity contribution in [1.82, 2.24) is 9.66 Å². The molecule has 0 fully saturated rings. The number of benzene rings is 1. The van der Waals surface area contributed by atoms with E-state index in [0.717, 1.165) is 47.2 Å². The molecule has 3 aromatic rings. The van der Waals surface area contributed by atoms with Gasteiger partial charge in [-0.25, -0.2) is 14.5 Å². The summed E-state index contributed by atoms with van der Waals surface area (Å²) >= 11 is 1.58. The quantitative estimate of drug-likeness (QED) is 0.542. The van der Waals surface area contributed by atoms with E-state index in [4.69, 9.17) is 0 Å². The van der Waals surface area contributed by atoms with Crippen LogP contribution in [0.2, 0.25) is 0 Å². The van der Waals surface area contributed by atoms with Crippen molar-refractivity contribution in [1.29, 1.82) is 0 Å². The molecular formula is C20H19N3O4S. The van der Waals surface area contributed by atoms with Gasteiger partial charge >= 0.3 is 5.97 Å². The summed E-state index contributed by atoms with van der Waals surface area (Å²) < 4.78 is 5.78. The number of hydrogen-bond acceptors (Lipinski definition) is 6. The number of carbonyl (C=O) groups excluding carboxylic acids is 2. The number of methoxy groups -OCH3 is 1. The fourth-order valence-electron chi connectivity index (χ4n) is 3.45. The smallest absolute Gasteiger partial charge is 0.337 e. The molecule has 0 unspecified atom stereocenters. The van der Waals surface area contributed by atoms with Crippen LogP contribution in [0.4, 0.5) is 0 Å². The Morgan fingerprint density at radius 1 is 1.11 bits per heavy atom. The molecule has 1 aliphatic rings. The molecule has 0 saturated heterocycles. The van der Waals surface area contributed by atoms with Crippen LogP contribution in [-0.4, -0.2) is 28.6 Å². The zero-order valence-corrected chi connectivity index (χ0v) is 16.2. The van der Waals surface area contributed by atoms with E-state index in [1.54, 1.807) is 11.3 Å². The van der Waals surface area contributed by atoms with Crippen LogP contribution in [0.5, 0.6) is 0 Å². The zero-order valence-electron chi connectivity index (χ0n) is 15.4. The second kappa shape index (κ2) is 7.55. The van der Waals surface area contributed by atoms with Gasteiger partial charge in [0.1, 0.15) is 11.2 Å². The van der Waals surface area contributed by atoms with Gasteiger partial charge in [0.2, 0.25) is 0 Å². The van der Waals surface area contributed by atoms with Crippen molar-refractivity contribution in [2.45, 2.75) is 32.1 Å². The van der Waals surface area contributed by atoms with Gasteiger partial charge in [0.05, 0.1) is 18.1 Å². The number of rotatable bonds is 3. The minimum atomic E-state index is -0.476. The normalized spacial score (nSPS) is 13.6. The molecule has 7 nitrogen and oxygen atoms in total. The van der Waals surface area contributed by atoms with E-state index >= 15 is 0 Å². The van der Waals surface area contributed by atoms with E-state index in [1.165, 1.54) is 42.6 Å². The molecule has 0 aliphatic heterocycles. The molecule has 0 radical (unpaired) electrons. The minimum Gasteiger partial charge on any atom is -0.465 e. The Bertz CT molecular complexity index is 1110. The fraction of sp³-hybridized carbons (Fsp3) is 0.300. The van der Waals surface area contributed by atoms with E-state index < -0.39 is 11.9 Å². The summed E-state index contributed by atoms with van der Waals surface area (Å²) in [5.41, 5.74) is 4.08. The highest BCUT2D eigenvalue weighted by Gasteiger charge is 2.20. The molecule has 0 saturated carbocycles. The largest absolute Gasteiger partial charge is 0.465 e. The van der Waals surface area contributed by atoms with Crippen molar-refractivity contribution in [3.63, 3.8) is 0 Å². The van der Waals surface area contributed by atoms with Crippen LogP contribution in [0.1, 0.15) is 50.4 Å². The molecule has 2 aromatic heterocycles. The maximum absolute atomic E-state index is 13.0. The molecule has 28 heavy (non-hydrogen) atoms. The third-order valence-electron chi connectivity index (χ3n) is 4.92. The molecule has 1 amide bonds. The van der Waals surface area contributed by atoms with Crippen LogP contribution in [-0.2, 0) is 17.6 Å². The summed E-state index contributed by atoms with van der Waals surface area (Å²) in [5.74, 6) is -0.933. The number of hydrogen-bond donors (Lipinski definition) is 1. The SMILES string of the molecule is COC(=O)c1ccc(C(=O)Nn2cnc3sc4c(c3c2=O)CCCCC4)cc1. The van der Waals surface area contributed by atoms with Crippen molar-refractivity contribution >= 4 is 33.4 Å². The maximum atomic E-state index is 13.0. The summed E-state index contributed by atoms with van der Waals surface area (Å²) in [7, 11) is 1.30. The van der Waals surface area contributed by atoms with Crippen LogP contribution in [0, 0.1) is 0 Å². The Morgan fingerprint density at radius 3 is 2.57 bits per heavy atom. The van der Waals surface area contributed by atoms with Gasteiger partial charge in [-0.2, -0.15) is 0 Å². The third-order valence-corrected chi connectivity index (χ3v) is 6.12. The third kappa shape index (κ3) is 3.31. The van der Waals surface area contributed by atoms with Crippen LogP contribution < -0.4 is 11.0 Å². The Morgan fingerprint density at radius 2 is 1.82 bits per heavy atom. The highest BCUT2D eigenvalue weighted by atomic mass is 32.1. The van der Waals surface area contributed by atoms with Gasteiger partial charge in [-0.1, -0.05) is 6.42 Å². The second-order valence-corrected chi connectivity index (χ2v) is 7.76. The number of thiophene rings is 1. The molecule has 1 aliphatic carbocycles. The summed E-state index contributed by atoms with van der Waals surface area (Å²) in [4.78, 5) is 43.3. The summed E-state index contributed by atoms with van der Waals surface area (Å²) in [6.07, 6.45) is 6.56. The standard InChI is InChI=1S/C20H19N3O4S/c1-27-20(26)13-9-7-12(8-10-13)17(24)22-23-11-21-18-16(19(23)25)14-5-3-2-4-6-15(14)28-18/h7-11H,2-6H2,1H3,(H,22,24). The highest BCUT2D eigenvalue weighted by molar-refractivity contribution is 7.18. The van der Waals surface area contributed by atoms with Crippen LogP contribution in [0.3, 0.4) is 0 Å². The van der Waals surface area contributed by atoms with E-state index in [0.29, 0.717) is 16.5 Å². The molecule has 0 atom stereocenters. The molecule has 1 N–H and O–H groups in total. The number of fused-ring (bicyclic) bond motifs is 3. The van der Waals surface area contributed by atoms with Gasteiger partial charge in [-0.3, -0.25) is 15.0 Å². The molecule has 144 valence electrons. The minimum absolute atomic E-state index is 0.260. The van der Waals surface area contributed by atoms with Gasteiger partial charge in [-0.05, 0) is 55.5 Å². The number of carbonyl (C=O) groups is 2. The number of nitrogens with zero attached hydrogens (tertiary/aromatic N) is 2. The van der Waals surface area contributed by atoms with E-state index in [2.05, 4.69) is 15.1 Å². The first-order chi connectivity index (χ1) is 13.6. The lowest BCUT2D eigenvalue weighted by Crippen LogP contribution is -2.33. The number of amides is 1. The van der Waals surface area contributed by atoms with Gasteiger partial charge < -0.3 is 4.74 Å². The van der Waals surface area contributed by atoms with Gasteiger partial charge in [0, 0.05) is 10.4 Å². The number of nitrogens with one attached hydrogen (secondary N) is 1. The summed E-state index contributed by atoms with van der Waals surface area (Å²) in [6, 6.07) is 6.03. The fourth-order valence-corrected chi connectivity index (χ4v) is 4.67. The highest BCUT2D eigenvalue weighted by Crippen LogP contribution is 2.32. The molecule has 2 heterocycles. The molecule has 8 heteroatoms. The van der Waals surface area contributed by atoms with Gasteiger partial charge in [-0.15, -0.1) is 11.3 Å². The Hall–Kier alpha value is -3.00. The van der Waals surface area contributed by atoms with Crippen LogP contribution in [0.15, 0.2) is 35.4 Å². The van der Waals surface area contributed by atoms with Crippen molar-refractivity contribution in [2.24, 2.45) is 0 Å². The van der Waals surface area contributed by atoms with Gasteiger partial charge in [0.15, 0.2) is 0 Å². The Balaban J connectivity index is 1.63. The van der Waals surface area contributed by atoms with E-state index in [1.807, 2.05) is 0 Å². The lowest BCUT2D eigenvalue weighted by molar-refractivity contribution is 0.0600. The molecule has 4 rings (SSSR count). The Labute approximate surface area is 164 Å². The molecule has 0 bridgehead atoms. The lowest BCUT2D eigenvalue weighted by Gasteiger charge is -2.08. The van der Waals surface area contributed by atoms with Gasteiger partial charge in [0.25, 0.3) is 11.5 Å². The van der Waals surface area contributed by atoms with Crippen LogP contribution in [0.25, 0.3) is 10.2 Å². The monoisotopic (exact) mass is 397 g/mol. The topological polar surface area (TPSA) is 90.3 Å². The number of esters is 1. The zero-order chi connectivity index (χ0) is 19.7. The maximum Gasteiger partial charge on any atom is 0.337 e. The van der Waals surface area contributed by atoms with Crippen molar-refractivity contribution < 1.29 is 14.3 Å². The summed E-state index contributed by atoms with van der Waals surface area (Å²) in [5, 5.41) is 0.616. The van der Waals surface area contributed by atoms with E-state index in [-0.39, 0.29) is 5.56 Å². The second-order valence-electron chi connectivity index (χ2n) is 6.67. The first-order valence-electron chi connectivity index (χ1n) is 9.10. The average molecular weight is 397 g/mol. The predicted octanol–water partition coefficient (Wildman–Crippen LogP) is 2.90. The number of ether oxygens (including phenoxy) is 1. The molecule has 0 spiro atoms. The molecule has 1 aromatic carbocycles. The molecular weight excluding hydrogens is 378 g/mol. The summed E-state index contributed by atoms with van der Waals surface area (Å²) in [6.45, 7) is 0. The van der Waals surface area contributed by atoms with Crippen LogP contribution >= 0.6 is 11.3 Å². The first kappa shape index (κ1) is 18.4. The Kier molecular flexibility index (Phi) is 4.95. The van der Waals surface area contributed by atoms with Crippen molar-refractivity contribution in [3.8, 4) is 0 Å². The number of aromatic nitrogens is 2. The van der Waals surface area contributed by atoms with Crippen molar-refractivity contribution in [2.75, 3.05) is 12.5 Å². The van der Waals surface area contributed by atoms with E-state index in [9.17, 15) is 14.4 Å². The first-order valence-corrected chi connectivity index (χ1v) is 9.92. The number of aryl methyl sites for hydroxylation is 2. The van der Waals surface area contributed by atoms with Crippen molar-refractivity contribution in [3.05, 3.63) is 62.5 Å². The lowest BCUT2D eigenvalue weighted by atomic mass is 10.1. The average Bonchev–Trinajstić information content (AvgIpc) is 2.91.